The predicted octanol–water partition coefficient (Wildman–Crippen LogP) is 4.37. The molecule has 19 heavy (non-hydrogen) atoms. The first-order valence-corrected chi connectivity index (χ1v) is 5.98. The van der Waals surface area contributed by atoms with Gasteiger partial charge in [-0.2, -0.15) is 0 Å². The van der Waals surface area contributed by atoms with Crippen molar-refractivity contribution >= 4 is 41.0 Å². The molecule has 2 rings (SSSR count). The maximum absolute atomic E-state index is 10.8. The lowest BCUT2D eigenvalue weighted by Crippen LogP contribution is -1.90. The Kier molecular flexibility index (Phi) is 3.87. The van der Waals surface area contributed by atoms with Gasteiger partial charge in [-0.1, -0.05) is 40.5 Å². The highest BCUT2D eigenvalue weighted by Gasteiger charge is 2.21. The largest absolute Gasteiger partial charge is 0.354 e. The van der Waals surface area contributed by atoms with Crippen LogP contribution in [0.3, 0.4) is 0 Å². The van der Waals surface area contributed by atoms with Crippen LogP contribution in [0.5, 0.6) is 0 Å². The van der Waals surface area contributed by atoms with Gasteiger partial charge in [0.15, 0.2) is 5.69 Å². The second kappa shape index (κ2) is 5.42. The van der Waals surface area contributed by atoms with Gasteiger partial charge in [-0.15, -0.1) is 0 Å². The molecule has 0 atom stereocenters. The second-order valence-electron chi connectivity index (χ2n) is 3.74. The van der Waals surface area contributed by atoms with Crippen LogP contribution in [0.15, 0.2) is 22.7 Å². The van der Waals surface area contributed by atoms with Crippen molar-refractivity contribution in [2.75, 3.05) is 0 Å². The minimum atomic E-state index is -0.527. The monoisotopic (exact) mass is 298 g/mol. The van der Waals surface area contributed by atoms with Crippen LogP contribution in [-0.4, -0.2) is 10.1 Å². The number of rotatable bonds is 3. The number of aromatic nitrogens is 1. The molecular formula is C12H8Cl2N2O3. The minimum absolute atomic E-state index is 0.142. The molecule has 0 amide bonds. The van der Waals surface area contributed by atoms with Crippen LogP contribution in [-0.2, 0) is 0 Å². The van der Waals surface area contributed by atoms with E-state index < -0.39 is 4.92 Å². The van der Waals surface area contributed by atoms with E-state index in [0.717, 1.165) is 5.56 Å². The van der Waals surface area contributed by atoms with Gasteiger partial charge in [0.1, 0.15) is 0 Å². The lowest BCUT2D eigenvalue weighted by Gasteiger charge is -1.96. The first kappa shape index (κ1) is 13.6. The summed E-state index contributed by atoms with van der Waals surface area (Å²) in [7, 11) is 0. The Bertz CT molecular complexity index is 665. The molecule has 0 saturated carbocycles. The van der Waals surface area contributed by atoms with Crippen LogP contribution < -0.4 is 0 Å². The van der Waals surface area contributed by atoms with Crippen molar-refractivity contribution in [1.82, 2.24) is 5.16 Å². The zero-order chi connectivity index (χ0) is 14.0. The van der Waals surface area contributed by atoms with Gasteiger partial charge >= 0.3 is 5.69 Å². The van der Waals surface area contributed by atoms with Gasteiger partial charge in [-0.25, -0.2) is 0 Å². The van der Waals surface area contributed by atoms with Gasteiger partial charge in [0.25, 0.3) is 0 Å². The van der Waals surface area contributed by atoms with Crippen LogP contribution in [0.4, 0.5) is 5.69 Å². The highest BCUT2D eigenvalue weighted by molar-refractivity contribution is 6.42. The third-order valence-electron chi connectivity index (χ3n) is 2.42. The summed E-state index contributed by atoms with van der Waals surface area (Å²) >= 11 is 11.7. The molecular weight excluding hydrogens is 291 g/mol. The van der Waals surface area contributed by atoms with E-state index in [1.54, 1.807) is 24.3 Å². The molecule has 98 valence electrons. The van der Waals surface area contributed by atoms with E-state index in [0.29, 0.717) is 10.0 Å². The summed E-state index contributed by atoms with van der Waals surface area (Å²) in [5.41, 5.74) is 0.772. The SMILES string of the molecule is Cc1onc(C=Cc2ccc(Cl)c(Cl)c2)c1[N+](=O)[O-]. The fourth-order valence-corrected chi connectivity index (χ4v) is 1.81. The molecule has 0 bridgehead atoms. The fraction of sp³-hybridized carbons (Fsp3) is 0.0833. The summed E-state index contributed by atoms with van der Waals surface area (Å²) in [5.74, 6) is 0.166. The molecule has 0 N–H and O–H groups in total. The van der Waals surface area contributed by atoms with E-state index in [1.165, 1.54) is 13.0 Å². The van der Waals surface area contributed by atoms with Crippen molar-refractivity contribution in [1.29, 1.82) is 0 Å². The minimum Gasteiger partial charge on any atom is -0.354 e. The van der Waals surface area contributed by atoms with Crippen LogP contribution in [0.25, 0.3) is 12.2 Å². The molecule has 1 heterocycles. The third-order valence-corrected chi connectivity index (χ3v) is 3.16. The quantitative estimate of drug-likeness (QED) is 0.623. The summed E-state index contributed by atoms with van der Waals surface area (Å²) in [6.45, 7) is 1.49. The Morgan fingerprint density at radius 1 is 1.32 bits per heavy atom. The second-order valence-corrected chi connectivity index (χ2v) is 4.55. The van der Waals surface area contributed by atoms with E-state index in [1.807, 2.05) is 0 Å². The zero-order valence-corrected chi connectivity index (χ0v) is 11.3. The molecule has 0 saturated heterocycles. The maximum atomic E-state index is 10.8. The lowest BCUT2D eigenvalue weighted by molar-refractivity contribution is -0.386. The molecule has 0 unspecified atom stereocenters. The van der Waals surface area contributed by atoms with E-state index in [2.05, 4.69) is 5.16 Å². The van der Waals surface area contributed by atoms with Crippen molar-refractivity contribution in [2.45, 2.75) is 6.92 Å². The molecule has 0 aliphatic heterocycles. The number of nitro groups is 1. The number of aryl methyl sites for hydroxylation is 1. The summed E-state index contributed by atoms with van der Waals surface area (Å²) in [5, 5.41) is 15.3. The Morgan fingerprint density at radius 2 is 2.05 bits per heavy atom. The molecule has 1 aromatic carbocycles. The summed E-state index contributed by atoms with van der Waals surface area (Å²) in [6, 6.07) is 5.04. The predicted molar refractivity (Wildman–Crippen MR) is 73.3 cm³/mol. The number of benzene rings is 1. The average Bonchev–Trinajstić information content (AvgIpc) is 2.72. The van der Waals surface area contributed by atoms with Crippen LogP contribution in [0.1, 0.15) is 17.0 Å². The van der Waals surface area contributed by atoms with Crippen LogP contribution in [0, 0.1) is 17.0 Å². The standard InChI is InChI=1S/C12H8Cl2N2O3/c1-7-12(16(17)18)11(15-19-7)5-3-8-2-4-9(13)10(14)6-8/h2-6H,1H3. The van der Waals surface area contributed by atoms with E-state index in [9.17, 15) is 10.1 Å². The van der Waals surface area contributed by atoms with Gasteiger partial charge in [-0.3, -0.25) is 10.1 Å². The Balaban J connectivity index is 2.32. The van der Waals surface area contributed by atoms with Crippen molar-refractivity contribution in [2.24, 2.45) is 0 Å². The molecule has 5 nitrogen and oxygen atoms in total. The lowest BCUT2D eigenvalue weighted by atomic mass is 10.2. The third kappa shape index (κ3) is 2.94. The van der Waals surface area contributed by atoms with Crippen molar-refractivity contribution in [3.05, 3.63) is 55.4 Å². The van der Waals surface area contributed by atoms with E-state index in [-0.39, 0.29) is 17.1 Å². The van der Waals surface area contributed by atoms with E-state index in [4.69, 9.17) is 27.7 Å². The topological polar surface area (TPSA) is 69.2 Å². The Morgan fingerprint density at radius 3 is 2.68 bits per heavy atom. The number of hydrogen-bond donors (Lipinski definition) is 0. The van der Waals surface area contributed by atoms with Crippen molar-refractivity contribution < 1.29 is 9.45 Å². The number of nitrogens with zero attached hydrogens (tertiary/aromatic N) is 2. The molecule has 1 aromatic heterocycles. The molecule has 0 fully saturated rings. The molecule has 2 aromatic rings. The molecule has 0 aliphatic carbocycles. The maximum Gasteiger partial charge on any atom is 0.338 e. The Labute approximate surface area is 118 Å². The molecule has 0 radical (unpaired) electrons. The summed E-state index contributed by atoms with van der Waals surface area (Å²) < 4.78 is 4.80. The molecule has 0 aliphatic rings. The zero-order valence-electron chi connectivity index (χ0n) is 9.76. The van der Waals surface area contributed by atoms with Gasteiger partial charge < -0.3 is 4.52 Å². The van der Waals surface area contributed by atoms with Crippen LogP contribution in [0.2, 0.25) is 10.0 Å². The number of halogens is 2. The fourth-order valence-electron chi connectivity index (χ4n) is 1.51. The molecule has 0 spiro atoms. The van der Waals surface area contributed by atoms with Gasteiger partial charge in [0.2, 0.25) is 5.76 Å². The first-order chi connectivity index (χ1) is 8.99. The van der Waals surface area contributed by atoms with E-state index >= 15 is 0 Å². The summed E-state index contributed by atoms with van der Waals surface area (Å²) in [4.78, 5) is 10.3. The summed E-state index contributed by atoms with van der Waals surface area (Å²) in [6.07, 6.45) is 3.14. The first-order valence-electron chi connectivity index (χ1n) is 5.23. The van der Waals surface area contributed by atoms with Crippen LogP contribution >= 0.6 is 23.2 Å². The normalized spacial score (nSPS) is 11.1. The average molecular weight is 299 g/mol. The smallest absolute Gasteiger partial charge is 0.338 e. The highest BCUT2D eigenvalue weighted by Crippen LogP contribution is 2.26. The van der Waals surface area contributed by atoms with Gasteiger partial charge in [-0.05, 0) is 23.8 Å². The molecule has 7 heteroatoms. The van der Waals surface area contributed by atoms with Gasteiger partial charge in [0.05, 0.1) is 15.0 Å². The van der Waals surface area contributed by atoms with Crippen molar-refractivity contribution in [3.63, 3.8) is 0 Å². The van der Waals surface area contributed by atoms with Gasteiger partial charge in [0, 0.05) is 6.92 Å². The number of hydrogen-bond acceptors (Lipinski definition) is 4. The highest BCUT2D eigenvalue weighted by atomic mass is 35.5. The van der Waals surface area contributed by atoms with Crippen molar-refractivity contribution in [3.8, 4) is 0 Å². The Hall–Kier alpha value is -1.85.